The number of ether oxygens (including phenoxy) is 1. The lowest BCUT2D eigenvalue weighted by Gasteiger charge is -2.52. The number of aliphatic hydroxyl groups excluding tert-OH is 1. The maximum absolute atomic E-state index is 11.3. The van der Waals surface area contributed by atoms with E-state index >= 15 is 0 Å². The largest absolute Gasteiger partial charge is 0.464 e. The third kappa shape index (κ3) is 3.67. The van der Waals surface area contributed by atoms with Gasteiger partial charge in [-0.3, -0.25) is 4.84 Å². The van der Waals surface area contributed by atoms with Gasteiger partial charge in [0.2, 0.25) is 0 Å². The quantitative estimate of drug-likeness (QED) is 0.775. The minimum atomic E-state index is -0.366. The van der Waals surface area contributed by atoms with Crippen molar-refractivity contribution in [3.8, 4) is 0 Å². The van der Waals surface area contributed by atoms with E-state index in [4.69, 9.17) is 9.57 Å². The van der Waals surface area contributed by atoms with Gasteiger partial charge >= 0.3 is 5.97 Å². The van der Waals surface area contributed by atoms with Crippen LogP contribution in [0.5, 0.6) is 0 Å². The summed E-state index contributed by atoms with van der Waals surface area (Å²) >= 11 is 0. The van der Waals surface area contributed by atoms with Crippen molar-refractivity contribution < 1.29 is 19.5 Å². The summed E-state index contributed by atoms with van der Waals surface area (Å²) in [4.78, 5) is 17.0. The van der Waals surface area contributed by atoms with Gasteiger partial charge in [-0.05, 0) is 47.5 Å². The first-order valence-electron chi connectivity index (χ1n) is 6.46. The summed E-state index contributed by atoms with van der Waals surface area (Å²) in [5.74, 6) is -0.366. The predicted octanol–water partition coefficient (Wildman–Crippen LogP) is 1.49. The molecule has 0 radical (unpaired) electrons. The van der Waals surface area contributed by atoms with Gasteiger partial charge in [0.05, 0.1) is 12.7 Å². The molecule has 1 aliphatic heterocycles. The van der Waals surface area contributed by atoms with E-state index in [2.05, 4.69) is 0 Å². The SMILES string of the molecule is CCOC(=O)CON1C(C)(C)CC(O)CC1(C)C. The van der Waals surface area contributed by atoms with Gasteiger partial charge in [-0.1, -0.05) is 0 Å². The highest BCUT2D eigenvalue weighted by atomic mass is 16.7. The molecule has 1 heterocycles. The summed E-state index contributed by atoms with van der Waals surface area (Å²) < 4.78 is 4.85. The lowest BCUT2D eigenvalue weighted by molar-refractivity contribution is -0.290. The Kier molecular flexibility index (Phi) is 4.75. The summed E-state index contributed by atoms with van der Waals surface area (Å²) in [6.07, 6.45) is 0.913. The fourth-order valence-corrected chi connectivity index (χ4v) is 2.88. The second kappa shape index (κ2) is 5.55. The van der Waals surface area contributed by atoms with Crippen molar-refractivity contribution in [1.29, 1.82) is 0 Å². The van der Waals surface area contributed by atoms with Crippen molar-refractivity contribution in [3.63, 3.8) is 0 Å². The highest BCUT2D eigenvalue weighted by Gasteiger charge is 2.46. The molecule has 1 N–H and O–H groups in total. The van der Waals surface area contributed by atoms with Crippen molar-refractivity contribution in [2.24, 2.45) is 0 Å². The molecule has 1 saturated heterocycles. The Bertz CT molecular complexity index is 283. The molecule has 5 nitrogen and oxygen atoms in total. The lowest BCUT2D eigenvalue weighted by atomic mass is 9.80. The molecule has 1 aliphatic rings. The third-order valence-electron chi connectivity index (χ3n) is 3.19. The van der Waals surface area contributed by atoms with E-state index in [1.54, 1.807) is 6.92 Å². The number of hydrogen-bond donors (Lipinski definition) is 1. The Labute approximate surface area is 109 Å². The molecule has 5 heteroatoms. The monoisotopic (exact) mass is 259 g/mol. The lowest BCUT2D eigenvalue weighted by Crippen LogP contribution is -2.61. The average Bonchev–Trinajstić information content (AvgIpc) is 2.12. The number of hydrogen-bond acceptors (Lipinski definition) is 5. The molecule has 106 valence electrons. The topological polar surface area (TPSA) is 59.0 Å². The zero-order valence-electron chi connectivity index (χ0n) is 12.0. The van der Waals surface area contributed by atoms with Crippen LogP contribution in [0.2, 0.25) is 0 Å². The zero-order chi connectivity index (χ0) is 14.0. The predicted molar refractivity (Wildman–Crippen MR) is 67.8 cm³/mol. The number of esters is 1. The van der Waals surface area contributed by atoms with Crippen LogP contribution in [0.4, 0.5) is 0 Å². The molecule has 0 atom stereocenters. The molecule has 1 rings (SSSR count). The van der Waals surface area contributed by atoms with Gasteiger partial charge in [0.15, 0.2) is 6.61 Å². The number of hydroxylamine groups is 2. The Morgan fingerprint density at radius 2 is 1.78 bits per heavy atom. The molecule has 0 unspecified atom stereocenters. The Morgan fingerprint density at radius 1 is 1.28 bits per heavy atom. The molecular weight excluding hydrogens is 234 g/mol. The molecule has 0 aromatic heterocycles. The molecule has 0 amide bonds. The van der Waals surface area contributed by atoms with Gasteiger partial charge in [0.1, 0.15) is 0 Å². The van der Waals surface area contributed by atoms with Crippen LogP contribution in [0.3, 0.4) is 0 Å². The molecule has 0 saturated carbocycles. The minimum Gasteiger partial charge on any atom is -0.464 e. The van der Waals surface area contributed by atoms with Gasteiger partial charge in [-0.15, -0.1) is 0 Å². The molecule has 0 aromatic rings. The van der Waals surface area contributed by atoms with Crippen LogP contribution in [0.15, 0.2) is 0 Å². The second-order valence-electron chi connectivity index (χ2n) is 6.06. The number of carbonyl (C=O) groups is 1. The molecule has 1 fully saturated rings. The van der Waals surface area contributed by atoms with Crippen molar-refractivity contribution in [1.82, 2.24) is 5.06 Å². The van der Waals surface area contributed by atoms with Crippen LogP contribution in [-0.4, -0.2) is 46.5 Å². The molecule has 0 aliphatic carbocycles. The van der Waals surface area contributed by atoms with Crippen molar-refractivity contribution >= 4 is 5.97 Å². The summed E-state index contributed by atoms with van der Waals surface area (Å²) in [5.41, 5.74) is -0.624. The molecule has 18 heavy (non-hydrogen) atoms. The molecular formula is C13H25NO4. The van der Waals surface area contributed by atoms with Crippen LogP contribution < -0.4 is 0 Å². The van der Waals surface area contributed by atoms with Crippen LogP contribution in [0.25, 0.3) is 0 Å². The average molecular weight is 259 g/mol. The third-order valence-corrected chi connectivity index (χ3v) is 3.19. The number of nitrogens with zero attached hydrogens (tertiary/aromatic N) is 1. The Balaban J connectivity index is 2.68. The van der Waals surface area contributed by atoms with Crippen LogP contribution >= 0.6 is 0 Å². The highest BCUT2D eigenvalue weighted by Crippen LogP contribution is 2.38. The van der Waals surface area contributed by atoms with Crippen molar-refractivity contribution in [3.05, 3.63) is 0 Å². The summed E-state index contributed by atoms with van der Waals surface area (Å²) in [7, 11) is 0. The molecule has 0 bridgehead atoms. The summed E-state index contributed by atoms with van der Waals surface area (Å²) in [5, 5.41) is 11.7. The van der Waals surface area contributed by atoms with Gasteiger partial charge in [0.25, 0.3) is 0 Å². The fraction of sp³-hybridized carbons (Fsp3) is 0.923. The van der Waals surface area contributed by atoms with E-state index in [9.17, 15) is 9.90 Å². The van der Waals surface area contributed by atoms with Crippen LogP contribution in [0.1, 0.15) is 47.5 Å². The van der Waals surface area contributed by atoms with Crippen LogP contribution in [-0.2, 0) is 14.4 Å². The van der Waals surface area contributed by atoms with Crippen LogP contribution in [0, 0.1) is 0 Å². The van der Waals surface area contributed by atoms with E-state index in [0.29, 0.717) is 19.4 Å². The second-order valence-corrected chi connectivity index (χ2v) is 6.06. The van der Waals surface area contributed by atoms with Gasteiger partial charge in [-0.25, -0.2) is 4.79 Å². The normalized spacial score (nSPS) is 23.9. The number of carbonyl (C=O) groups excluding carboxylic acids is 1. The van der Waals surface area contributed by atoms with Gasteiger partial charge in [0, 0.05) is 11.1 Å². The molecule has 0 spiro atoms. The summed E-state index contributed by atoms with van der Waals surface area (Å²) in [6, 6.07) is 0. The maximum atomic E-state index is 11.3. The Morgan fingerprint density at radius 3 is 2.22 bits per heavy atom. The standard InChI is InChI=1S/C13H25NO4/c1-6-17-11(16)9-18-14-12(2,3)7-10(15)8-13(14,4)5/h10,15H,6-9H2,1-5H3. The molecule has 0 aromatic carbocycles. The first-order chi connectivity index (χ1) is 8.19. The van der Waals surface area contributed by atoms with Gasteiger partial charge < -0.3 is 9.84 Å². The van der Waals surface area contributed by atoms with Gasteiger partial charge in [-0.2, -0.15) is 5.06 Å². The summed E-state index contributed by atoms with van der Waals surface area (Å²) in [6.45, 7) is 10.0. The van der Waals surface area contributed by atoms with Crippen molar-refractivity contribution in [2.45, 2.75) is 64.6 Å². The fourth-order valence-electron chi connectivity index (χ4n) is 2.88. The van der Waals surface area contributed by atoms with E-state index < -0.39 is 0 Å². The van der Waals surface area contributed by atoms with E-state index in [0.717, 1.165) is 0 Å². The van der Waals surface area contributed by atoms with E-state index in [-0.39, 0.29) is 29.8 Å². The smallest absolute Gasteiger partial charge is 0.334 e. The highest BCUT2D eigenvalue weighted by molar-refractivity contribution is 5.70. The Hall–Kier alpha value is -0.650. The number of rotatable bonds is 4. The first-order valence-corrected chi connectivity index (χ1v) is 6.46. The van der Waals surface area contributed by atoms with E-state index in [1.807, 2.05) is 32.8 Å². The zero-order valence-corrected chi connectivity index (χ0v) is 12.0. The first kappa shape index (κ1) is 15.4. The minimum absolute atomic E-state index is 0.0865. The van der Waals surface area contributed by atoms with E-state index in [1.165, 1.54) is 0 Å². The number of piperidine rings is 1. The maximum Gasteiger partial charge on any atom is 0.334 e. The number of aliphatic hydroxyl groups is 1. The van der Waals surface area contributed by atoms with Crippen molar-refractivity contribution in [2.75, 3.05) is 13.2 Å².